The first-order valence-corrected chi connectivity index (χ1v) is 7.08. The van der Waals surface area contributed by atoms with Crippen molar-refractivity contribution in [2.24, 2.45) is 0 Å². The van der Waals surface area contributed by atoms with Gasteiger partial charge in [0.2, 0.25) is 6.79 Å². The van der Waals surface area contributed by atoms with E-state index in [0.717, 1.165) is 15.7 Å². The van der Waals surface area contributed by atoms with Crippen LogP contribution in [0.1, 0.15) is 15.9 Å². The van der Waals surface area contributed by atoms with Gasteiger partial charge in [0.05, 0.1) is 10.0 Å². The Balaban J connectivity index is 1.75. The molecule has 0 aromatic heterocycles. The number of carboxylic acid groups (broad SMARTS) is 1. The number of fused-ring (bicyclic) bond motifs is 1. The number of rotatable bonds is 4. The zero-order valence-electron chi connectivity index (χ0n) is 10.9. The Morgan fingerprint density at radius 2 is 2.14 bits per heavy atom. The number of aromatic carboxylic acids is 1. The molecule has 21 heavy (non-hydrogen) atoms. The lowest BCUT2D eigenvalue weighted by Crippen LogP contribution is -2.02. The lowest BCUT2D eigenvalue weighted by Gasteiger charge is -2.09. The van der Waals surface area contributed by atoms with Gasteiger partial charge in [-0.15, -0.1) is 0 Å². The van der Waals surface area contributed by atoms with Gasteiger partial charge in [0.15, 0.2) is 11.5 Å². The van der Waals surface area contributed by atoms with Gasteiger partial charge in [-0.05, 0) is 51.8 Å². The maximum atomic E-state index is 10.9. The normalized spacial score (nSPS) is 12.2. The molecule has 108 valence electrons. The number of hydrogen-bond donors (Lipinski definition) is 2. The Kier molecular flexibility index (Phi) is 3.70. The number of carbonyl (C=O) groups is 1. The van der Waals surface area contributed by atoms with Crippen molar-refractivity contribution in [1.82, 2.24) is 0 Å². The molecule has 2 aromatic carbocycles. The minimum absolute atomic E-state index is 0.228. The number of halogens is 1. The number of benzene rings is 2. The number of nitrogens with one attached hydrogen (secondary N) is 1. The van der Waals surface area contributed by atoms with Crippen molar-refractivity contribution in [2.75, 3.05) is 12.1 Å². The maximum absolute atomic E-state index is 10.9. The van der Waals surface area contributed by atoms with Gasteiger partial charge in [-0.25, -0.2) is 4.79 Å². The molecule has 0 radical (unpaired) electrons. The molecule has 0 bridgehead atoms. The third-order valence-corrected chi connectivity index (χ3v) is 3.68. The molecule has 2 aromatic rings. The molecule has 0 saturated heterocycles. The molecule has 1 aliphatic heterocycles. The quantitative estimate of drug-likeness (QED) is 0.884. The van der Waals surface area contributed by atoms with Crippen molar-refractivity contribution >= 4 is 27.6 Å². The monoisotopic (exact) mass is 349 g/mol. The summed E-state index contributed by atoms with van der Waals surface area (Å²) in [7, 11) is 0. The summed E-state index contributed by atoms with van der Waals surface area (Å²) in [4.78, 5) is 10.9. The zero-order valence-corrected chi connectivity index (χ0v) is 12.5. The van der Waals surface area contributed by atoms with E-state index in [1.165, 1.54) is 0 Å². The van der Waals surface area contributed by atoms with Crippen molar-refractivity contribution in [2.45, 2.75) is 6.54 Å². The topological polar surface area (TPSA) is 67.8 Å². The molecule has 5 nitrogen and oxygen atoms in total. The number of carboxylic acids is 1. The third-order valence-electron chi connectivity index (χ3n) is 3.09. The van der Waals surface area contributed by atoms with E-state index in [9.17, 15) is 4.79 Å². The van der Waals surface area contributed by atoms with Crippen LogP contribution in [-0.4, -0.2) is 17.9 Å². The van der Waals surface area contributed by atoms with E-state index in [1.54, 1.807) is 18.2 Å². The van der Waals surface area contributed by atoms with Crippen LogP contribution < -0.4 is 14.8 Å². The highest BCUT2D eigenvalue weighted by Gasteiger charge is 2.17. The summed E-state index contributed by atoms with van der Waals surface area (Å²) in [6, 6.07) is 10.5. The van der Waals surface area contributed by atoms with E-state index < -0.39 is 5.97 Å². The Hall–Kier alpha value is -2.21. The summed E-state index contributed by atoms with van der Waals surface area (Å²) in [5.74, 6) is 0.483. The largest absolute Gasteiger partial charge is 0.478 e. The van der Waals surface area contributed by atoms with Gasteiger partial charge in [0.25, 0.3) is 0 Å². The summed E-state index contributed by atoms with van der Waals surface area (Å²) in [5, 5.41) is 12.2. The second-order valence-corrected chi connectivity index (χ2v) is 5.41. The first-order chi connectivity index (χ1) is 10.1. The maximum Gasteiger partial charge on any atom is 0.335 e. The standard InChI is InChI=1S/C15H12BrNO4/c16-12-4-9(5-13-14(12)21-8-20-13)7-17-11-3-1-2-10(6-11)15(18)19/h1-6,17H,7-8H2,(H,18,19). The van der Waals surface area contributed by atoms with Crippen LogP contribution in [0.15, 0.2) is 40.9 Å². The Morgan fingerprint density at radius 3 is 2.95 bits per heavy atom. The first-order valence-electron chi connectivity index (χ1n) is 6.29. The van der Waals surface area contributed by atoms with Crippen molar-refractivity contribution in [3.8, 4) is 11.5 Å². The van der Waals surface area contributed by atoms with Gasteiger partial charge in [-0.1, -0.05) is 6.07 Å². The molecule has 6 heteroatoms. The Bertz CT molecular complexity index is 702. The molecule has 0 atom stereocenters. The van der Waals surface area contributed by atoms with Crippen molar-refractivity contribution < 1.29 is 19.4 Å². The molecule has 0 unspecified atom stereocenters. The van der Waals surface area contributed by atoms with Crippen LogP contribution in [0, 0.1) is 0 Å². The summed E-state index contributed by atoms with van der Waals surface area (Å²) >= 11 is 3.44. The van der Waals surface area contributed by atoms with Crippen LogP contribution in [0.4, 0.5) is 5.69 Å². The summed E-state index contributed by atoms with van der Waals surface area (Å²) in [5.41, 5.74) is 2.02. The molecular formula is C15H12BrNO4. The van der Waals surface area contributed by atoms with E-state index in [1.807, 2.05) is 18.2 Å². The molecule has 0 amide bonds. The fourth-order valence-electron chi connectivity index (χ4n) is 2.09. The van der Waals surface area contributed by atoms with Crippen molar-refractivity contribution in [3.05, 3.63) is 52.0 Å². The Labute approximate surface area is 129 Å². The average molecular weight is 350 g/mol. The second kappa shape index (κ2) is 5.65. The van der Waals surface area contributed by atoms with Crippen molar-refractivity contribution in [3.63, 3.8) is 0 Å². The first kappa shape index (κ1) is 13.8. The lowest BCUT2D eigenvalue weighted by atomic mass is 10.1. The van der Waals surface area contributed by atoms with Gasteiger partial charge in [-0.2, -0.15) is 0 Å². The van der Waals surface area contributed by atoms with Crippen molar-refractivity contribution in [1.29, 1.82) is 0 Å². The van der Waals surface area contributed by atoms with Crippen LogP contribution in [0.25, 0.3) is 0 Å². The number of hydrogen-bond acceptors (Lipinski definition) is 4. The highest BCUT2D eigenvalue weighted by Crippen LogP contribution is 2.40. The van der Waals surface area contributed by atoms with E-state index in [2.05, 4.69) is 21.2 Å². The van der Waals surface area contributed by atoms with E-state index in [-0.39, 0.29) is 12.4 Å². The van der Waals surface area contributed by atoms with E-state index in [4.69, 9.17) is 14.6 Å². The smallest absolute Gasteiger partial charge is 0.335 e. The van der Waals surface area contributed by atoms with Crippen LogP contribution in [0.5, 0.6) is 11.5 Å². The van der Waals surface area contributed by atoms with Crippen LogP contribution >= 0.6 is 15.9 Å². The molecule has 1 heterocycles. The van der Waals surface area contributed by atoms with Crippen LogP contribution in [0.3, 0.4) is 0 Å². The van der Waals surface area contributed by atoms with Crippen LogP contribution in [0.2, 0.25) is 0 Å². The minimum Gasteiger partial charge on any atom is -0.478 e. The average Bonchev–Trinajstić information content (AvgIpc) is 2.94. The van der Waals surface area contributed by atoms with Gasteiger partial charge in [0.1, 0.15) is 0 Å². The fraction of sp³-hybridized carbons (Fsp3) is 0.133. The highest BCUT2D eigenvalue weighted by atomic mass is 79.9. The minimum atomic E-state index is -0.940. The SMILES string of the molecule is O=C(O)c1cccc(NCc2cc(Br)c3c(c2)OCO3)c1. The number of anilines is 1. The molecule has 0 aliphatic carbocycles. The van der Waals surface area contributed by atoms with E-state index >= 15 is 0 Å². The molecule has 0 saturated carbocycles. The van der Waals surface area contributed by atoms with Gasteiger partial charge >= 0.3 is 5.97 Å². The lowest BCUT2D eigenvalue weighted by molar-refractivity contribution is 0.0697. The molecule has 3 rings (SSSR count). The van der Waals surface area contributed by atoms with Crippen LogP contribution in [-0.2, 0) is 6.54 Å². The molecule has 2 N–H and O–H groups in total. The zero-order chi connectivity index (χ0) is 14.8. The third kappa shape index (κ3) is 2.95. The molecule has 0 fully saturated rings. The fourth-order valence-corrected chi connectivity index (χ4v) is 2.69. The van der Waals surface area contributed by atoms with Gasteiger partial charge < -0.3 is 19.9 Å². The van der Waals surface area contributed by atoms with E-state index in [0.29, 0.717) is 18.0 Å². The molecule has 1 aliphatic rings. The highest BCUT2D eigenvalue weighted by molar-refractivity contribution is 9.10. The molecule has 0 spiro atoms. The summed E-state index contributed by atoms with van der Waals surface area (Å²) in [6.45, 7) is 0.782. The predicted molar refractivity (Wildman–Crippen MR) is 81.0 cm³/mol. The number of ether oxygens (including phenoxy) is 2. The predicted octanol–water partition coefficient (Wildman–Crippen LogP) is 3.49. The molecular weight excluding hydrogens is 338 g/mol. The summed E-state index contributed by atoms with van der Waals surface area (Å²) < 4.78 is 11.5. The van der Waals surface area contributed by atoms with Gasteiger partial charge in [-0.3, -0.25) is 0 Å². The summed E-state index contributed by atoms with van der Waals surface area (Å²) in [6.07, 6.45) is 0. The van der Waals surface area contributed by atoms with Gasteiger partial charge in [0, 0.05) is 12.2 Å². The second-order valence-electron chi connectivity index (χ2n) is 4.55. The Morgan fingerprint density at radius 1 is 1.29 bits per heavy atom.